The zero-order chi connectivity index (χ0) is 12.5. The minimum absolute atomic E-state index is 0.304. The van der Waals surface area contributed by atoms with Crippen LogP contribution in [0.4, 0.5) is 5.95 Å². The molecule has 0 radical (unpaired) electrons. The first kappa shape index (κ1) is 11.7. The van der Waals surface area contributed by atoms with Gasteiger partial charge in [0.05, 0.1) is 5.39 Å². The maximum absolute atomic E-state index is 5.92. The second kappa shape index (κ2) is 4.70. The summed E-state index contributed by atoms with van der Waals surface area (Å²) in [7, 11) is 0. The summed E-state index contributed by atoms with van der Waals surface area (Å²) in [5, 5.41) is 1.00. The van der Waals surface area contributed by atoms with E-state index in [1.807, 2.05) is 0 Å². The second-order valence-corrected chi connectivity index (χ2v) is 5.57. The highest BCUT2D eigenvalue weighted by Crippen LogP contribution is 2.34. The molecule has 1 aliphatic carbocycles. The molecule has 0 spiro atoms. The van der Waals surface area contributed by atoms with Gasteiger partial charge in [0.15, 0.2) is 0 Å². The van der Waals surface area contributed by atoms with Crippen molar-refractivity contribution >= 4 is 27.5 Å². The summed E-state index contributed by atoms with van der Waals surface area (Å²) in [6.07, 6.45) is 4.77. The fourth-order valence-electron chi connectivity index (χ4n) is 1.92. The van der Waals surface area contributed by atoms with Gasteiger partial charge in [-0.05, 0) is 31.7 Å². The lowest BCUT2D eigenvalue weighted by Gasteiger charge is -2.26. The summed E-state index contributed by atoms with van der Waals surface area (Å²) in [6.45, 7) is 2.13. The maximum atomic E-state index is 5.92. The normalized spacial score (nSPS) is 15.7. The predicted octanol–water partition coefficient (Wildman–Crippen LogP) is 2.47. The highest BCUT2D eigenvalue weighted by Gasteiger charge is 2.22. The number of hydrogen-bond acceptors (Lipinski definition) is 6. The first-order valence-corrected chi connectivity index (χ1v) is 7.05. The van der Waals surface area contributed by atoms with Crippen molar-refractivity contribution in [1.29, 1.82) is 0 Å². The number of nitrogens with one attached hydrogen (secondary N) is 1. The molecule has 2 aromatic rings. The average molecular weight is 264 g/mol. The summed E-state index contributed by atoms with van der Waals surface area (Å²) >= 11 is 1.67. The van der Waals surface area contributed by atoms with Crippen molar-refractivity contribution in [1.82, 2.24) is 9.97 Å². The molecule has 0 aromatic carbocycles. The Morgan fingerprint density at radius 2 is 2.33 bits per heavy atom. The Morgan fingerprint density at radius 3 is 2.94 bits per heavy atom. The molecule has 0 amide bonds. The minimum Gasteiger partial charge on any atom is -0.474 e. The Bertz CT molecular complexity index is 564. The molecular weight excluding hydrogens is 248 g/mol. The maximum Gasteiger partial charge on any atom is 0.241 e. The van der Waals surface area contributed by atoms with E-state index in [0.29, 0.717) is 17.9 Å². The summed E-state index contributed by atoms with van der Waals surface area (Å²) < 4.78 is 5.92. The first-order chi connectivity index (χ1) is 8.80. The standard InChI is InChI=1S/C12H16N4OS/c1-2-8-6-9-10(17-7-4-3-5-7)14-12(16-13)15-11(9)18-8/h6-7H,2-5,13H2,1H3,(H,14,15,16). The zero-order valence-corrected chi connectivity index (χ0v) is 11.1. The molecule has 0 saturated heterocycles. The van der Waals surface area contributed by atoms with E-state index in [1.165, 1.54) is 11.3 Å². The van der Waals surface area contributed by atoms with E-state index in [-0.39, 0.29) is 0 Å². The number of rotatable bonds is 4. The van der Waals surface area contributed by atoms with Crippen LogP contribution >= 0.6 is 11.3 Å². The van der Waals surface area contributed by atoms with Crippen LogP contribution in [0.5, 0.6) is 5.88 Å². The molecule has 0 unspecified atom stereocenters. The van der Waals surface area contributed by atoms with Crippen LogP contribution in [0, 0.1) is 0 Å². The fraction of sp³-hybridized carbons (Fsp3) is 0.500. The molecule has 0 bridgehead atoms. The van der Waals surface area contributed by atoms with Gasteiger partial charge in [-0.3, -0.25) is 5.43 Å². The molecule has 18 heavy (non-hydrogen) atoms. The van der Waals surface area contributed by atoms with Crippen molar-refractivity contribution in [2.24, 2.45) is 5.84 Å². The van der Waals surface area contributed by atoms with Gasteiger partial charge in [-0.1, -0.05) is 6.92 Å². The number of anilines is 1. The third-order valence-electron chi connectivity index (χ3n) is 3.22. The average Bonchev–Trinajstić information content (AvgIpc) is 2.76. The molecule has 2 aromatic heterocycles. The van der Waals surface area contributed by atoms with Gasteiger partial charge >= 0.3 is 0 Å². The van der Waals surface area contributed by atoms with Crippen LogP contribution in [-0.4, -0.2) is 16.1 Å². The molecule has 2 heterocycles. The number of nitrogens with zero attached hydrogens (tertiary/aromatic N) is 2. The highest BCUT2D eigenvalue weighted by atomic mass is 32.1. The highest BCUT2D eigenvalue weighted by molar-refractivity contribution is 7.18. The molecule has 96 valence electrons. The van der Waals surface area contributed by atoms with E-state index in [0.717, 1.165) is 29.5 Å². The van der Waals surface area contributed by atoms with Gasteiger partial charge in [0, 0.05) is 4.88 Å². The van der Waals surface area contributed by atoms with Crippen LogP contribution in [0.3, 0.4) is 0 Å². The lowest BCUT2D eigenvalue weighted by molar-refractivity contribution is 0.117. The van der Waals surface area contributed by atoms with Crippen molar-refractivity contribution in [3.63, 3.8) is 0 Å². The summed E-state index contributed by atoms with van der Waals surface area (Å²) in [5.41, 5.74) is 2.50. The van der Waals surface area contributed by atoms with Crippen molar-refractivity contribution in [2.75, 3.05) is 5.43 Å². The molecule has 1 saturated carbocycles. The largest absolute Gasteiger partial charge is 0.474 e. The van der Waals surface area contributed by atoms with Crippen LogP contribution in [0.25, 0.3) is 10.2 Å². The molecule has 3 rings (SSSR count). The van der Waals surface area contributed by atoms with E-state index < -0.39 is 0 Å². The zero-order valence-electron chi connectivity index (χ0n) is 10.3. The van der Waals surface area contributed by atoms with Gasteiger partial charge in [0.2, 0.25) is 11.8 Å². The van der Waals surface area contributed by atoms with Gasteiger partial charge in [0.25, 0.3) is 0 Å². The Kier molecular flexibility index (Phi) is 3.05. The Balaban J connectivity index is 2.04. The third kappa shape index (κ3) is 2.02. The van der Waals surface area contributed by atoms with Gasteiger partial charge < -0.3 is 4.74 Å². The second-order valence-electron chi connectivity index (χ2n) is 4.45. The van der Waals surface area contributed by atoms with Crippen LogP contribution < -0.4 is 16.0 Å². The van der Waals surface area contributed by atoms with Gasteiger partial charge in [-0.25, -0.2) is 10.8 Å². The monoisotopic (exact) mass is 264 g/mol. The Labute approximate surface area is 109 Å². The van der Waals surface area contributed by atoms with Gasteiger partial charge in [-0.15, -0.1) is 11.3 Å². The van der Waals surface area contributed by atoms with E-state index in [2.05, 4.69) is 28.4 Å². The summed E-state index contributed by atoms with van der Waals surface area (Å²) in [6, 6.07) is 2.12. The van der Waals surface area contributed by atoms with Crippen LogP contribution in [0.1, 0.15) is 31.1 Å². The number of thiophene rings is 1. The topological polar surface area (TPSA) is 73.1 Å². The van der Waals surface area contributed by atoms with Crippen molar-refractivity contribution in [3.8, 4) is 5.88 Å². The Morgan fingerprint density at radius 1 is 1.50 bits per heavy atom. The van der Waals surface area contributed by atoms with E-state index in [4.69, 9.17) is 10.6 Å². The summed E-state index contributed by atoms with van der Waals surface area (Å²) in [4.78, 5) is 10.9. The van der Waals surface area contributed by atoms with E-state index in [1.54, 1.807) is 11.3 Å². The lowest BCUT2D eigenvalue weighted by Crippen LogP contribution is -2.25. The smallest absolute Gasteiger partial charge is 0.241 e. The third-order valence-corrected chi connectivity index (χ3v) is 4.39. The number of nitrogen functional groups attached to an aromatic ring is 1. The van der Waals surface area contributed by atoms with Crippen LogP contribution in [0.15, 0.2) is 6.07 Å². The van der Waals surface area contributed by atoms with Crippen molar-refractivity contribution < 1.29 is 4.74 Å². The van der Waals surface area contributed by atoms with E-state index >= 15 is 0 Å². The molecule has 6 heteroatoms. The number of ether oxygens (including phenoxy) is 1. The minimum atomic E-state index is 0.304. The fourth-order valence-corrected chi connectivity index (χ4v) is 2.88. The number of fused-ring (bicyclic) bond motifs is 1. The van der Waals surface area contributed by atoms with Crippen molar-refractivity contribution in [2.45, 2.75) is 38.7 Å². The molecule has 0 aliphatic heterocycles. The van der Waals surface area contributed by atoms with Crippen LogP contribution in [0.2, 0.25) is 0 Å². The number of hydrogen-bond donors (Lipinski definition) is 2. The molecule has 1 aliphatic rings. The quantitative estimate of drug-likeness (QED) is 0.655. The number of nitrogens with two attached hydrogens (primary N) is 1. The molecule has 3 N–H and O–H groups in total. The van der Waals surface area contributed by atoms with Gasteiger partial charge in [-0.2, -0.15) is 4.98 Å². The predicted molar refractivity (Wildman–Crippen MR) is 72.9 cm³/mol. The Hall–Kier alpha value is -1.40. The molecular formula is C12H16N4OS. The number of hydrazine groups is 1. The molecule has 0 atom stereocenters. The summed E-state index contributed by atoms with van der Waals surface area (Å²) in [5.74, 6) is 6.48. The van der Waals surface area contributed by atoms with Gasteiger partial charge in [0.1, 0.15) is 10.9 Å². The number of aryl methyl sites for hydroxylation is 1. The molecule has 5 nitrogen and oxygen atoms in total. The lowest BCUT2D eigenvalue weighted by atomic mass is 9.96. The molecule has 1 fully saturated rings. The SMILES string of the molecule is CCc1cc2c(OC3CCC3)nc(NN)nc2s1. The van der Waals surface area contributed by atoms with Crippen molar-refractivity contribution in [3.05, 3.63) is 10.9 Å². The van der Waals surface area contributed by atoms with E-state index in [9.17, 15) is 0 Å². The van der Waals surface area contributed by atoms with Crippen LogP contribution in [-0.2, 0) is 6.42 Å². The first-order valence-electron chi connectivity index (χ1n) is 6.24. The number of aromatic nitrogens is 2.